The lowest BCUT2D eigenvalue weighted by molar-refractivity contribution is -0.701. The molecule has 106 valence electrons. The average molecular weight is 271 g/mol. The highest BCUT2D eigenvalue weighted by Crippen LogP contribution is 2.32. The summed E-state index contributed by atoms with van der Waals surface area (Å²) in [6.45, 7) is 11.9. The van der Waals surface area contributed by atoms with Crippen molar-refractivity contribution < 1.29 is 4.57 Å². The van der Waals surface area contributed by atoms with Gasteiger partial charge in [0, 0.05) is 17.5 Å². The van der Waals surface area contributed by atoms with Crippen LogP contribution in [0.4, 0.5) is 0 Å². The lowest BCUT2D eigenvalue weighted by Gasteiger charge is -2.30. The highest BCUT2D eigenvalue weighted by atomic mass is 15.4. The summed E-state index contributed by atoms with van der Waals surface area (Å²) >= 11 is 0. The molecule has 0 fully saturated rings. The number of hydrogen-bond acceptors (Lipinski definition) is 2. The smallest absolute Gasteiger partial charge is 0.228 e. The monoisotopic (exact) mass is 271 g/mol. The molecule has 2 aromatic heterocycles. The van der Waals surface area contributed by atoms with Crippen LogP contribution < -0.4 is 4.57 Å². The Kier molecular flexibility index (Phi) is 2.75. The second-order valence-electron chi connectivity index (χ2n) is 6.99. The van der Waals surface area contributed by atoms with Crippen LogP contribution in [-0.2, 0) is 17.5 Å². The van der Waals surface area contributed by atoms with Crippen LogP contribution >= 0.6 is 0 Å². The number of aromatic nitrogens is 4. The first-order chi connectivity index (χ1) is 9.35. The van der Waals surface area contributed by atoms with Crippen LogP contribution in [0.3, 0.4) is 0 Å². The Hall–Kier alpha value is -1.71. The summed E-state index contributed by atoms with van der Waals surface area (Å²) in [4.78, 5) is 4.84. The summed E-state index contributed by atoms with van der Waals surface area (Å²) < 4.78 is 4.43. The van der Waals surface area contributed by atoms with Crippen molar-refractivity contribution in [2.24, 2.45) is 0 Å². The summed E-state index contributed by atoms with van der Waals surface area (Å²) in [6, 6.07) is 6.27. The first-order valence-corrected chi connectivity index (χ1v) is 7.32. The molecule has 0 N–H and O–H groups in total. The van der Waals surface area contributed by atoms with Gasteiger partial charge in [0.25, 0.3) is 0 Å². The maximum absolute atomic E-state index is 4.84. The van der Waals surface area contributed by atoms with Gasteiger partial charge >= 0.3 is 0 Å². The number of rotatable bonds is 1. The van der Waals surface area contributed by atoms with Gasteiger partial charge in [0.05, 0.1) is 0 Å². The third-order valence-electron chi connectivity index (χ3n) is 4.23. The van der Waals surface area contributed by atoms with Gasteiger partial charge in [-0.15, -0.1) is 0 Å². The second-order valence-corrected chi connectivity index (χ2v) is 6.99. The van der Waals surface area contributed by atoms with Crippen molar-refractivity contribution in [3.63, 3.8) is 0 Å². The van der Waals surface area contributed by atoms with Crippen LogP contribution in [-0.4, -0.2) is 14.8 Å². The van der Waals surface area contributed by atoms with E-state index < -0.39 is 0 Å². The van der Waals surface area contributed by atoms with Crippen LogP contribution in [0, 0.1) is 0 Å². The molecule has 3 heterocycles. The summed E-state index contributed by atoms with van der Waals surface area (Å²) in [5, 5.41) is 4.84. The van der Waals surface area contributed by atoms with Gasteiger partial charge in [-0.2, -0.15) is 9.67 Å². The van der Waals surface area contributed by atoms with Crippen molar-refractivity contribution in [1.82, 2.24) is 14.8 Å². The number of hydrogen-bond donors (Lipinski definition) is 0. The fourth-order valence-electron chi connectivity index (χ4n) is 2.68. The van der Waals surface area contributed by atoms with Crippen LogP contribution in [0.1, 0.15) is 46.9 Å². The molecule has 0 saturated heterocycles. The van der Waals surface area contributed by atoms with Gasteiger partial charge < -0.3 is 0 Å². The van der Waals surface area contributed by atoms with Gasteiger partial charge in [-0.25, -0.2) is 9.67 Å². The van der Waals surface area contributed by atoms with E-state index in [2.05, 4.69) is 68.3 Å². The maximum Gasteiger partial charge on any atom is 0.250 e. The second kappa shape index (κ2) is 4.14. The first kappa shape index (κ1) is 13.3. The fraction of sp³-hybridized carbons (Fsp3) is 0.562. The molecule has 0 saturated carbocycles. The van der Waals surface area contributed by atoms with Crippen molar-refractivity contribution >= 4 is 0 Å². The minimum Gasteiger partial charge on any atom is -0.228 e. The van der Waals surface area contributed by atoms with Crippen LogP contribution in [0.25, 0.3) is 11.5 Å². The Morgan fingerprint density at radius 2 is 2.10 bits per heavy atom. The molecule has 1 aliphatic rings. The van der Waals surface area contributed by atoms with E-state index >= 15 is 0 Å². The van der Waals surface area contributed by atoms with Crippen molar-refractivity contribution in [1.29, 1.82) is 0 Å². The van der Waals surface area contributed by atoms with Crippen LogP contribution in [0.15, 0.2) is 24.4 Å². The Morgan fingerprint density at radius 1 is 1.35 bits per heavy atom. The number of nitrogens with zero attached hydrogens (tertiary/aromatic N) is 4. The molecule has 0 aliphatic carbocycles. The van der Waals surface area contributed by atoms with Gasteiger partial charge in [-0.05, 0) is 19.4 Å². The predicted octanol–water partition coefficient (Wildman–Crippen LogP) is 2.67. The zero-order valence-electron chi connectivity index (χ0n) is 13.0. The Labute approximate surface area is 120 Å². The fourth-order valence-corrected chi connectivity index (χ4v) is 2.68. The Balaban J connectivity index is 2.26. The van der Waals surface area contributed by atoms with E-state index in [0.29, 0.717) is 0 Å². The largest absolute Gasteiger partial charge is 0.250 e. The van der Waals surface area contributed by atoms with Crippen LogP contribution in [0.5, 0.6) is 0 Å². The molecule has 20 heavy (non-hydrogen) atoms. The van der Waals surface area contributed by atoms with E-state index in [1.165, 1.54) is 0 Å². The molecular formula is C16H23N4+. The lowest BCUT2D eigenvalue weighted by Crippen LogP contribution is -2.53. The van der Waals surface area contributed by atoms with E-state index in [-0.39, 0.29) is 11.0 Å². The Morgan fingerprint density at radius 3 is 2.75 bits per heavy atom. The highest BCUT2D eigenvalue weighted by Gasteiger charge is 2.41. The molecule has 4 heteroatoms. The zero-order chi connectivity index (χ0) is 14.5. The number of pyridine rings is 1. The molecule has 2 aromatic rings. The van der Waals surface area contributed by atoms with E-state index in [9.17, 15) is 0 Å². The quantitative estimate of drug-likeness (QED) is 0.747. The first-order valence-electron chi connectivity index (χ1n) is 7.32. The topological polar surface area (TPSA) is 34.6 Å². The van der Waals surface area contributed by atoms with Gasteiger partial charge in [0.15, 0.2) is 18.6 Å². The molecule has 4 nitrogen and oxygen atoms in total. The standard InChI is InChI=1S/C16H23N4/c1-6-16(5)11-19-10-8-7-9-12(19)13-17-14(15(2,3)4)18-20(13)16/h7-10H,6,11H2,1-5H3/q+1. The van der Waals surface area contributed by atoms with Crippen LogP contribution in [0.2, 0.25) is 0 Å². The molecule has 0 amide bonds. The summed E-state index contributed by atoms with van der Waals surface area (Å²) in [5.74, 6) is 1.91. The summed E-state index contributed by atoms with van der Waals surface area (Å²) in [7, 11) is 0. The van der Waals surface area contributed by atoms with Gasteiger partial charge in [-0.3, -0.25) is 0 Å². The van der Waals surface area contributed by atoms with Gasteiger partial charge in [-0.1, -0.05) is 27.7 Å². The molecule has 1 aliphatic heterocycles. The molecule has 3 rings (SSSR count). The van der Waals surface area contributed by atoms with E-state index in [1.54, 1.807) is 0 Å². The van der Waals surface area contributed by atoms with Gasteiger partial charge in [0.2, 0.25) is 11.5 Å². The molecule has 0 radical (unpaired) electrons. The summed E-state index contributed by atoms with van der Waals surface area (Å²) in [6.07, 6.45) is 3.17. The Bertz CT molecular complexity index is 651. The third-order valence-corrected chi connectivity index (χ3v) is 4.23. The molecule has 0 bridgehead atoms. The van der Waals surface area contributed by atoms with E-state index in [4.69, 9.17) is 10.1 Å². The number of fused-ring (bicyclic) bond motifs is 3. The minimum absolute atomic E-state index is 0.00907. The predicted molar refractivity (Wildman–Crippen MR) is 78.3 cm³/mol. The van der Waals surface area contributed by atoms with E-state index in [0.717, 1.165) is 30.3 Å². The molecule has 1 unspecified atom stereocenters. The molecular weight excluding hydrogens is 248 g/mol. The normalized spacial score (nSPS) is 21.4. The molecule has 0 aromatic carbocycles. The molecule has 0 spiro atoms. The zero-order valence-corrected chi connectivity index (χ0v) is 13.0. The van der Waals surface area contributed by atoms with Crippen molar-refractivity contribution in [2.45, 2.75) is 58.5 Å². The van der Waals surface area contributed by atoms with Crippen molar-refractivity contribution in [3.05, 3.63) is 30.2 Å². The SMILES string of the molecule is CCC1(C)C[n+]2ccccc2-c2nc(C(C)(C)C)nn21. The van der Waals surface area contributed by atoms with Crippen molar-refractivity contribution in [3.8, 4) is 11.5 Å². The lowest BCUT2D eigenvalue weighted by atomic mass is 9.96. The van der Waals surface area contributed by atoms with Crippen molar-refractivity contribution in [2.75, 3.05) is 0 Å². The van der Waals surface area contributed by atoms with E-state index in [1.807, 2.05) is 0 Å². The van der Waals surface area contributed by atoms with Gasteiger partial charge in [0.1, 0.15) is 5.54 Å². The minimum atomic E-state index is -0.0292. The summed E-state index contributed by atoms with van der Waals surface area (Å²) in [5.41, 5.74) is 1.12. The molecule has 1 atom stereocenters. The third kappa shape index (κ3) is 1.86. The average Bonchev–Trinajstić information content (AvgIpc) is 2.85. The highest BCUT2D eigenvalue weighted by molar-refractivity contribution is 5.47. The maximum atomic E-state index is 4.84.